The number of benzene rings is 1. The van der Waals surface area contributed by atoms with Crippen molar-refractivity contribution in [2.45, 2.75) is 31.1 Å². The Morgan fingerprint density at radius 2 is 1.89 bits per heavy atom. The minimum Gasteiger partial charge on any atom is -0.394 e. The Bertz CT molecular complexity index is 1130. The highest BCUT2D eigenvalue weighted by atomic mass is 16.6. The van der Waals surface area contributed by atoms with Crippen molar-refractivity contribution in [1.82, 2.24) is 18.9 Å². The van der Waals surface area contributed by atoms with Crippen LogP contribution < -0.4 is 11.2 Å². The van der Waals surface area contributed by atoms with Crippen molar-refractivity contribution in [2.24, 2.45) is 7.05 Å². The van der Waals surface area contributed by atoms with E-state index in [0.717, 1.165) is 20.0 Å². The van der Waals surface area contributed by atoms with Crippen LogP contribution in [0.5, 0.6) is 0 Å². The summed E-state index contributed by atoms with van der Waals surface area (Å²) < 4.78 is 9.10. The molecule has 0 spiro atoms. The molecule has 0 radical (unpaired) electrons. The third kappa shape index (κ3) is 2.87. The van der Waals surface area contributed by atoms with E-state index < -0.39 is 42.4 Å². The van der Waals surface area contributed by atoms with Crippen LogP contribution >= 0.6 is 0 Å². The molecule has 4 unspecified atom stereocenters. The number of hydrogen-bond donors (Lipinski definition) is 3. The highest BCUT2D eigenvalue weighted by Crippen LogP contribution is 2.27. The van der Waals surface area contributed by atoms with Crippen LogP contribution in [0.15, 0.2) is 46.1 Å². The zero-order valence-electron chi connectivity index (χ0n) is 15.0. The molecule has 3 N–H and O–H groups in total. The third-order valence-corrected chi connectivity index (χ3v) is 5.03. The van der Waals surface area contributed by atoms with Gasteiger partial charge in [-0.2, -0.15) is 5.10 Å². The quantitative estimate of drug-likeness (QED) is 0.499. The number of aromatic nitrogens is 4. The molecule has 1 aromatic carbocycles. The summed E-state index contributed by atoms with van der Waals surface area (Å²) in [7, 11) is 1.77. The predicted molar refractivity (Wildman–Crippen MR) is 97.8 cm³/mol. The summed E-state index contributed by atoms with van der Waals surface area (Å²) in [4.78, 5) is 25.3. The number of para-hydroxylation sites is 1. The lowest BCUT2D eigenvalue weighted by Crippen LogP contribution is -2.43. The summed E-state index contributed by atoms with van der Waals surface area (Å²) in [5, 5.41) is 34.6. The largest absolute Gasteiger partial charge is 0.394 e. The zero-order chi connectivity index (χ0) is 20.0. The van der Waals surface area contributed by atoms with Gasteiger partial charge in [0.25, 0.3) is 5.56 Å². The van der Waals surface area contributed by atoms with Crippen molar-refractivity contribution in [1.29, 1.82) is 0 Å². The van der Waals surface area contributed by atoms with Crippen LogP contribution in [-0.4, -0.2) is 59.2 Å². The molecule has 4 atom stereocenters. The average Bonchev–Trinajstić information content (AvgIpc) is 3.16. The van der Waals surface area contributed by atoms with E-state index in [2.05, 4.69) is 5.10 Å². The van der Waals surface area contributed by atoms with Gasteiger partial charge in [-0.15, -0.1) is 0 Å². The van der Waals surface area contributed by atoms with Gasteiger partial charge in [-0.05, 0) is 6.07 Å². The molecule has 2 aromatic heterocycles. The Kier molecular flexibility index (Phi) is 4.63. The summed E-state index contributed by atoms with van der Waals surface area (Å²) >= 11 is 0. The van der Waals surface area contributed by atoms with Gasteiger partial charge in [0.2, 0.25) is 0 Å². The van der Waals surface area contributed by atoms with E-state index in [1.165, 1.54) is 12.3 Å². The topological polar surface area (TPSA) is 132 Å². The summed E-state index contributed by atoms with van der Waals surface area (Å²) in [5.74, 6) is 0. The summed E-state index contributed by atoms with van der Waals surface area (Å²) in [6.45, 7) is -0.572. The second-order valence-electron chi connectivity index (χ2n) is 6.75. The molecule has 0 bridgehead atoms. The molecule has 28 heavy (non-hydrogen) atoms. The number of rotatable bonds is 4. The van der Waals surface area contributed by atoms with E-state index in [4.69, 9.17) is 4.74 Å². The standard InChI is InChI=1S/C18H20N4O6/c1-20-12-5-3-2-4-10(12)11(19-20)8-22-14(24)6-7-21(18(22)27)17-16(26)15(25)13(9-23)28-17/h2-7,13,15-17,23,25-26H,8-9H2,1H3. The minimum atomic E-state index is -1.42. The summed E-state index contributed by atoms with van der Waals surface area (Å²) in [6, 6.07) is 8.64. The van der Waals surface area contributed by atoms with Gasteiger partial charge in [-0.3, -0.25) is 18.6 Å². The van der Waals surface area contributed by atoms with Crippen molar-refractivity contribution in [3.05, 3.63) is 63.1 Å². The highest BCUT2D eigenvalue weighted by molar-refractivity contribution is 5.81. The Hall–Kier alpha value is -2.79. The van der Waals surface area contributed by atoms with Gasteiger partial charge in [0.15, 0.2) is 6.23 Å². The maximum atomic E-state index is 12.9. The Morgan fingerprint density at radius 1 is 1.14 bits per heavy atom. The van der Waals surface area contributed by atoms with Crippen LogP contribution in [0, 0.1) is 0 Å². The van der Waals surface area contributed by atoms with E-state index in [9.17, 15) is 24.9 Å². The van der Waals surface area contributed by atoms with E-state index in [1.54, 1.807) is 11.7 Å². The number of ether oxygens (including phenoxy) is 1. The molecule has 10 nitrogen and oxygen atoms in total. The van der Waals surface area contributed by atoms with Gasteiger partial charge in [0.05, 0.1) is 24.4 Å². The molecule has 0 amide bonds. The maximum absolute atomic E-state index is 12.9. The van der Waals surface area contributed by atoms with Crippen LogP contribution in [0.2, 0.25) is 0 Å². The molecular formula is C18H20N4O6. The normalized spacial score (nSPS) is 24.9. The Balaban J connectivity index is 1.76. The van der Waals surface area contributed by atoms with Crippen molar-refractivity contribution in [3.63, 3.8) is 0 Å². The zero-order valence-corrected chi connectivity index (χ0v) is 15.0. The molecule has 1 aliphatic heterocycles. The molecule has 3 aromatic rings. The monoisotopic (exact) mass is 388 g/mol. The molecule has 1 fully saturated rings. The summed E-state index contributed by atoms with van der Waals surface area (Å²) in [6.07, 6.45) is -3.80. The third-order valence-electron chi connectivity index (χ3n) is 5.03. The lowest BCUT2D eigenvalue weighted by molar-refractivity contribution is -0.0555. The first kappa shape index (κ1) is 18.6. The van der Waals surface area contributed by atoms with Crippen molar-refractivity contribution >= 4 is 10.9 Å². The van der Waals surface area contributed by atoms with Gasteiger partial charge >= 0.3 is 5.69 Å². The van der Waals surface area contributed by atoms with Gasteiger partial charge in [-0.1, -0.05) is 18.2 Å². The second kappa shape index (κ2) is 6.99. The van der Waals surface area contributed by atoms with Gasteiger partial charge in [0.1, 0.15) is 18.3 Å². The fourth-order valence-corrected chi connectivity index (χ4v) is 3.54. The lowest BCUT2D eigenvalue weighted by atomic mass is 10.1. The molecule has 1 aliphatic rings. The van der Waals surface area contributed by atoms with Gasteiger partial charge < -0.3 is 20.1 Å². The van der Waals surface area contributed by atoms with Crippen molar-refractivity contribution < 1.29 is 20.1 Å². The fourth-order valence-electron chi connectivity index (χ4n) is 3.54. The minimum absolute atomic E-state index is 0.0609. The number of aliphatic hydroxyl groups excluding tert-OH is 3. The first-order chi connectivity index (χ1) is 13.4. The molecule has 148 valence electrons. The molecule has 4 rings (SSSR count). The molecule has 3 heterocycles. The van der Waals surface area contributed by atoms with Crippen LogP contribution in [0.4, 0.5) is 0 Å². The molecule has 0 saturated carbocycles. The molecule has 0 aliphatic carbocycles. The average molecular weight is 388 g/mol. The fraction of sp³-hybridized carbons (Fsp3) is 0.389. The van der Waals surface area contributed by atoms with E-state index in [0.29, 0.717) is 5.69 Å². The number of hydrogen-bond acceptors (Lipinski definition) is 7. The summed E-state index contributed by atoms with van der Waals surface area (Å²) in [5.41, 5.74) is 0.182. The van der Waals surface area contributed by atoms with Crippen molar-refractivity contribution in [3.8, 4) is 0 Å². The second-order valence-corrected chi connectivity index (χ2v) is 6.75. The molecular weight excluding hydrogens is 368 g/mol. The SMILES string of the molecule is Cn1nc(Cn2c(=O)ccn(C3OC(CO)C(O)C3O)c2=O)c2ccccc21. The van der Waals surface area contributed by atoms with E-state index >= 15 is 0 Å². The van der Waals surface area contributed by atoms with E-state index in [-0.39, 0.29) is 6.54 Å². The Labute approximate surface area is 158 Å². The van der Waals surface area contributed by atoms with Crippen molar-refractivity contribution in [2.75, 3.05) is 6.61 Å². The van der Waals surface area contributed by atoms with Gasteiger partial charge in [-0.25, -0.2) is 4.79 Å². The van der Waals surface area contributed by atoms with Crippen LogP contribution in [0.25, 0.3) is 10.9 Å². The highest BCUT2D eigenvalue weighted by Gasteiger charge is 2.43. The first-order valence-electron chi connectivity index (χ1n) is 8.77. The number of nitrogens with zero attached hydrogens (tertiary/aromatic N) is 4. The molecule has 10 heteroatoms. The Morgan fingerprint density at radius 3 is 2.61 bits per heavy atom. The van der Waals surface area contributed by atoms with Crippen LogP contribution in [0.1, 0.15) is 11.9 Å². The number of aryl methyl sites for hydroxylation is 1. The molecule has 1 saturated heterocycles. The lowest BCUT2D eigenvalue weighted by Gasteiger charge is -2.18. The van der Waals surface area contributed by atoms with Gasteiger partial charge in [0, 0.05) is 24.7 Å². The smallest absolute Gasteiger partial charge is 0.333 e. The van der Waals surface area contributed by atoms with Crippen LogP contribution in [0.3, 0.4) is 0 Å². The maximum Gasteiger partial charge on any atom is 0.333 e. The van der Waals surface area contributed by atoms with E-state index in [1.807, 2.05) is 24.3 Å². The predicted octanol–water partition coefficient (Wildman–Crippen LogP) is -1.44. The first-order valence-corrected chi connectivity index (χ1v) is 8.77. The number of aliphatic hydroxyl groups is 3. The number of fused-ring (bicyclic) bond motifs is 1. The van der Waals surface area contributed by atoms with Crippen LogP contribution in [-0.2, 0) is 18.3 Å².